The van der Waals surface area contributed by atoms with Crippen LogP contribution < -0.4 is 5.32 Å². The molecule has 1 aliphatic heterocycles. The predicted molar refractivity (Wildman–Crippen MR) is 96.2 cm³/mol. The first kappa shape index (κ1) is 18.6. The summed E-state index contributed by atoms with van der Waals surface area (Å²) in [6.07, 6.45) is 7.59. The molecular formula is C18H32N2O2S. The second kappa shape index (κ2) is 8.95. The Morgan fingerprint density at radius 2 is 1.96 bits per heavy atom. The first-order valence-electron chi connectivity index (χ1n) is 9.26. The van der Waals surface area contributed by atoms with Gasteiger partial charge in [0.15, 0.2) is 0 Å². The summed E-state index contributed by atoms with van der Waals surface area (Å²) in [6.45, 7) is 7.29. The molecule has 4 nitrogen and oxygen atoms in total. The highest BCUT2D eigenvalue weighted by atomic mass is 32.2. The molecule has 23 heavy (non-hydrogen) atoms. The standard InChI is InChI=1S/C18H32N2O2S/c1-4-5-6-7-10-19-17(21)15-12-23-16(11-13(2)3)20(15)18(22)14-8-9-14/h13-16H,4-12H2,1-3H3,(H,19,21). The zero-order valence-electron chi connectivity index (χ0n) is 14.8. The molecule has 0 aromatic rings. The number of hydrogen-bond donors (Lipinski definition) is 1. The molecule has 2 rings (SSSR count). The Labute approximate surface area is 145 Å². The van der Waals surface area contributed by atoms with Crippen molar-refractivity contribution < 1.29 is 9.59 Å². The number of amides is 2. The summed E-state index contributed by atoms with van der Waals surface area (Å²) in [7, 11) is 0. The Morgan fingerprint density at radius 3 is 2.57 bits per heavy atom. The molecule has 1 saturated heterocycles. The summed E-state index contributed by atoms with van der Waals surface area (Å²) >= 11 is 1.78. The minimum Gasteiger partial charge on any atom is -0.354 e. The zero-order chi connectivity index (χ0) is 16.8. The van der Waals surface area contributed by atoms with Gasteiger partial charge in [0.25, 0.3) is 0 Å². The van der Waals surface area contributed by atoms with Crippen LogP contribution in [-0.4, -0.2) is 40.4 Å². The predicted octanol–water partition coefficient (Wildman–Crippen LogP) is 3.41. The summed E-state index contributed by atoms with van der Waals surface area (Å²) in [4.78, 5) is 27.1. The molecule has 0 radical (unpaired) electrons. The smallest absolute Gasteiger partial charge is 0.243 e. The molecular weight excluding hydrogens is 308 g/mol. The first-order valence-corrected chi connectivity index (χ1v) is 10.3. The molecule has 2 amide bonds. The van der Waals surface area contributed by atoms with Crippen LogP contribution in [0.15, 0.2) is 0 Å². The number of carbonyl (C=O) groups is 2. The summed E-state index contributed by atoms with van der Waals surface area (Å²) in [5.74, 6) is 1.73. The summed E-state index contributed by atoms with van der Waals surface area (Å²) in [6, 6.07) is -0.261. The quantitative estimate of drug-likeness (QED) is 0.654. The normalized spacial score (nSPS) is 24.3. The highest BCUT2D eigenvalue weighted by Crippen LogP contribution is 2.39. The van der Waals surface area contributed by atoms with E-state index in [0.717, 1.165) is 44.4 Å². The molecule has 132 valence electrons. The third kappa shape index (κ3) is 5.40. The van der Waals surface area contributed by atoms with Crippen molar-refractivity contribution in [3.8, 4) is 0 Å². The van der Waals surface area contributed by atoms with Crippen molar-refractivity contribution in [1.82, 2.24) is 10.2 Å². The lowest BCUT2D eigenvalue weighted by atomic mass is 10.1. The Kier molecular flexibility index (Phi) is 7.25. The Balaban J connectivity index is 1.90. The molecule has 2 fully saturated rings. The van der Waals surface area contributed by atoms with Crippen LogP contribution in [0.25, 0.3) is 0 Å². The number of nitrogens with one attached hydrogen (secondary N) is 1. The number of unbranched alkanes of at least 4 members (excludes halogenated alkanes) is 3. The zero-order valence-corrected chi connectivity index (χ0v) is 15.7. The van der Waals surface area contributed by atoms with Gasteiger partial charge >= 0.3 is 0 Å². The van der Waals surface area contributed by atoms with Gasteiger partial charge in [-0.25, -0.2) is 0 Å². The van der Waals surface area contributed by atoms with Gasteiger partial charge in [-0.1, -0.05) is 40.0 Å². The molecule has 1 heterocycles. The second-order valence-electron chi connectivity index (χ2n) is 7.30. The van der Waals surface area contributed by atoms with Crippen LogP contribution in [0.5, 0.6) is 0 Å². The molecule has 0 aromatic carbocycles. The van der Waals surface area contributed by atoms with Crippen LogP contribution in [0.1, 0.15) is 65.7 Å². The maximum Gasteiger partial charge on any atom is 0.243 e. The van der Waals surface area contributed by atoms with E-state index in [9.17, 15) is 9.59 Å². The molecule has 0 bridgehead atoms. The van der Waals surface area contributed by atoms with Gasteiger partial charge < -0.3 is 10.2 Å². The van der Waals surface area contributed by atoms with E-state index in [1.807, 2.05) is 4.90 Å². The minimum atomic E-state index is -0.261. The number of hydrogen-bond acceptors (Lipinski definition) is 3. The van der Waals surface area contributed by atoms with Gasteiger partial charge in [-0.3, -0.25) is 9.59 Å². The summed E-state index contributed by atoms with van der Waals surface area (Å²) < 4.78 is 0. The van der Waals surface area contributed by atoms with Gasteiger partial charge in [-0.15, -0.1) is 11.8 Å². The average Bonchev–Trinajstić information content (AvgIpc) is 3.27. The van der Waals surface area contributed by atoms with Crippen molar-refractivity contribution in [2.75, 3.05) is 12.3 Å². The van der Waals surface area contributed by atoms with E-state index >= 15 is 0 Å². The van der Waals surface area contributed by atoms with Gasteiger partial charge in [-0.05, 0) is 31.6 Å². The fourth-order valence-electron chi connectivity index (χ4n) is 3.07. The fraction of sp³-hybridized carbons (Fsp3) is 0.889. The van der Waals surface area contributed by atoms with Crippen LogP contribution in [0.4, 0.5) is 0 Å². The highest BCUT2D eigenvalue weighted by Gasteiger charge is 2.45. The van der Waals surface area contributed by atoms with Gasteiger partial charge in [0.1, 0.15) is 6.04 Å². The van der Waals surface area contributed by atoms with Crippen LogP contribution in [0, 0.1) is 11.8 Å². The average molecular weight is 341 g/mol. The van der Waals surface area contributed by atoms with E-state index in [1.54, 1.807) is 11.8 Å². The van der Waals surface area contributed by atoms with Crippen molar-refractivity contribution in [2.45, 2.75) is 77.1 Å². The van der Waals surface area contributed by atoms with Crippen molar-refractivity contribution in [2.24, 2.45) is 11.8 Å². The molecule has 1 N–H and O–H groups in total. The SMILES string of the molecule is CCCCCCNC(=O)C1CSC(CC(C)C)N1C(=O)C1CC1. The Hall–Kier alpha value is -0.710. The van der Waals surface area contributed by atoms with Gasteiger partial charge in [0.05, 0.1) is 5.37 Å². The number of carbonyl (C=O) groups excluding carboxylic acids is 2. The monoisotopic (exact) mass is 340 g/mol. The molecule has 5 heteroatoms. The first-order chi connectivity index (χ1) is 11.0. The van der Waals surface area contributed by atoms with Crippen molar-refractivity contribution in [1.29, 1.82) is 0 Å². The topological polar surface area (TPSA) is 49.4 Å². The molecule has 2 atom stereocenters. The van der Waals surface area contributed by atoms with Crippen molar-refractivity contribution >= 4 is 23.6 Å². The lowest BCUT2D eigenvalue weighted by Crippen LogP contribution is -2.50. The summed E-state index contributed by atoms with van der Waals surface area (Å²) in [5, 5.41) is 3.23. The van der Waals surface area contributed by atoms with Crippen LogP contribution in [-0.2, 0) is 9.59 Å². The minimum absolute atomic E-state index is 0.0502. The lowest BCUT2D eigenvalue weighted by Gasteiger charge is -2.30. The summed E-state index contributed by atoms with van der Waals surface area (Å²) in [5.41, 5.74) is 0. The maximum atomic E-state index is 12.7. The fourth-order valence-corrected chi connectivity index (χ4v) is 4.72. The number of thioether (sulfide) groups is 1. The van der Waals surface area contributed by atoms with E-state index in [-0.39, 0.29) is 29.1 Å². The van der Waals surface area contributed by atoms with E-state index < -0.39 is 0 Å². The Bertz CT molecular complexity index is 410. The third-order valence-corrected chi connectivity index (χ3v) is 5.89. The molecule has 1 saturated carbocycles. The maximum absolute atomic E-state index is 12.7. The Morgan fingerprint density at radius 1 is 1.22 bits per heavy atom. The van der Waals surface area contributed by atoms with Gasteiger partial charge in [0.2, 0.25) is 11.8 Å². The number of nitrogens with zero attached hydrogens (tertiary/aromatic N) is 1. The number of rotatable bonds is 9. The van der Waals surface area contributed by atoms with E-state index in [0.29, 0.717) is 5.92 Å². The largest absolute Gasteiger partial charge is 0.354 e. The molecule has 1 aliphatic carbocycles. The molecule has 2 unspecified atom stereocenters. The lowest BCUT2D eigenvalue weighted by molar-refractivity contribution is -0.141. The van der Waals surface area contributed by atoms with Crippen molar-refractivity contribution in [3.05, 3.63) is 0 Å². The van der Waals surface area contributed by atoms with Gasteiger partial charge in [-0.2, -0.15) is 0 Å². The second-order valence-corrected chi connectivity index (χ2v) is 8.52. The molecule has 0 spiro atoms. The van der Waals surface area contributed by atoms with E-state index in [1.165, 1.54) is 12.8 Å². The van der Waals surface area contributed by atoms with E-state index in [2.05, 4.69) is 26.1 Å². The van der Waals surface area contributed by atoms with Crippen LogP contribution in [0.2, 0.25) is 0 Å². The van der Waals surface area contributed by atoms with E-state index in [4.69, 9.17) is 0 Å². The van der Waals surface area contributed by atoms with Crippen LogP contribution in [0.3, 0.4) is 0 Å². The third-order valence-electron chi connectivity index (χ3n) is 4.58. The van der Waals surface area contributed by atoms with Crippen molar-refractivity contribution in [3.63, 3.8) is 0 Å². The molecule has 0 aromatic heterocycles. The van der Waals surface area contributed by atoms with Crippen LogP contribution >= 0.6 is 11.8 Å². The molecule has 2 aliphatic rings. The van der Waals surface area contributed by atoms with Gasteiger partial charge in [0, 0.05) is 18.2 Å². The highest BCUT2D eigenvalue weighted by molar-refractivity contribution is 8.00.